The number of aryl methyl sites for hydroxylation is 2. The molecule has 10 heteroatoms. The minimum absolute atomic E-state index is 0.0904. The maximum absolute atomic E-state index is 4.09. The zero-order valence-corrected chi connectivity index (χ0v) is 11.8. The van der Waals surface area contributed by atoms with Crippen LogP contribution in [0.2, 0.25) is 0 Å². The highest BCUT2D eigenvalue weighted by Crippen LogP contribution is 2.26. The topological polar surface area (TPSA) is 93.7 Å². The minimum Gasteiger partial charge on any atom is -0.241 e. The molecule has 0 aromatic carbocycles. The molecular formula is C10H16N10. The standard InChI is InChI=1S/C10H16N10/c1-7-5-6-8(2)20(10-12-14-16-18(10)4)19(7)9-11-13-15-17(9)3/h5-8H,1-4H3. The molecule has 0 aliphatic carbocycles. The predicted octanol–water partition coefficient (Wildman–Crippen LogP) is -0.692. The molecule has 1 aliphatic rings. The van der Waals surface area contributed by atoms with E-state index in [0.717, 1.165) is 0 Å². The average Bonchev–Trinajstić information content (AvgIpc) is 3.01. The fourth-order valence-electron chi connectivity index (χ4n) is 2.27. The number of hydrogen-bond donors (Lipinski definition) is 0. The van der Waals surface area contributed by atoms with Gasteiger partial charge in [-0.2, -0.15) is 0 Å². The quantitative estimate of drug-likeness (QED) is 0.665. The summed E-state index contributed by atoms with van der Waals surface area (Å²) < 4.78 is 3.25. The maximum atomic E-state index is 4.09. The molecule has 3 heterocycles. The van der Waals surface area contributed by atoms with Gasteiger partial charge in [-0.05, 0) is 34.7 Å². The first-order valence-electron chi connectivity index (χ1n) is 6.31. The summed E-state index contributed by atoms with van der Waals surface area (Å²) in [6.07, 6.45) is 4.22. The Morgan fingerprint density at radius 3 is 1.50 bits per heavy atom. The summed E-state index contributed by atoms with van der Waals surface area (Å²) in [5.41, 5.74) is 0. The number of aromatic nitrogens is 8. The van der Waals surface area contributed by atoms with Crippen molar-refractivity contribution in [3.05, 3.63) is 12.2 Å². The Hall–Kier alpha value is -2.52. The van der Waals surface area contributed by atoms with Gasteiger partial charge in [0.1, 0.15) is 0 Å². The van der Waals surface area contributed by atoms with Crippen LogP contribution < -0.4 is 10.0 Å². The third kappa shape index (κ3) is 1.80. The molecule has 0 radical (unpaired) electrons. The lowest BCUT2D eigenvalue weighted by molar-refractivity contribution is 0.549. The lowest BCUT2D eigenvalue weighted by Crippen LogP contribution is -2.56. The molecule has 0 bridgehead atoms. The second-order valence-electron chi connectivity index (χ2n) is 4.76. The van der Waals surface area contributed by atoms with Gasteiger partial charge in [-0.25, -0.2) is 19.4 Å². The average molecular weight is 276 g/mol. The van der Waals surface area contributed by atoms with Crippen LogP contribution in [0, 0.1) is 0 Å². The van der Waals surface area contributed by atoms with Crippen molar-refractivity contribution in [2.24, 2.45) is 14.1 Å². The van der Waals surface area contributed by atoms with E-state index < -0.39 is 0 Å². The van der Waals surface area contributed by atoms with E-state index >= 15 is 0 Å². The van der Waals surface area contributed by atoms with E-state index in [1.54, 1.807) is 23.5 Å². The molecule has 2 unspecified atom stereocenters. The van der Waals surface area contributed by atoms with Gasteiger partial charge in [0.15, 0.2) is 0 Å². The van der Waals surface area contributed by atoms with E-state index in [4.69, 9.17) is 0 Å². The van der Waals surface area contributed by atoms with Gasteiger partial charge in [0.05, 0.1) is 12.1 Å². The van der Waals surface area contributed by atoms with Crippen molar-refractivity contribution in [3.8, 4) is 0 Å². The predicted molar refractivity (Wildman–Crippen MR) is 70.6 cm³/mol. The summed E-state index contributed by atoms with van der Waals surface area (Å²) in [6.45, 7) is 4.13. The first kappa shape index (κ1) is 12.5. The minimum atomic E-state index is 0.0904. The molecule has 10 nitrogen and oxygen atoms in total. The van der Waals surface area contributed by atoms with Gasteiger partial charge in [-0.15, -0.1) is 0 Å². The molecule has 0 fully saturated rings. The molecule has 0 N–H and O–H groups in total. The zero-order valence-electron chi connectivity index (χ0n) is 11.8. The monoisotopic (exact) mass is 276 g/mol. The molecule has 106 valence electrons. The summed E-state index contributed by atoms with van der Waals surface area (Å²) >= 11 is 0. The van der Waals surface area contributed by atoms with Crippen LogP contribution in [0.5, 0.6) is 0 Å². The van der Waals surface area contributed by atoms with Crippen LogP contribution in [-0.2, 0) is 14.1 Å². The molecule has 3 rings (SSSR count). The summed E-state index contributed by atoms with van der Waals surface area (Å²) in [6, 6.07) is 0.181. The number of hydrogen-bond acceptors (Lipinski definition) is 8. The van der Waals surface area contributed by atoms with E-state index in [2.05, 4.69) is 57.1 Å². The largest absolute Gasteiger partial charge is 0.264 e. The van der Waals surface area contributed by atoms with Crippen LogP contribution >= 0.6 is 0 Å². The number of anilines is 2. The third-order valence-electron chi connectivity index (χ3n) is 3.28. The molecular weight excluding hydrogens is 260 g/mol. The molecule has 0 amide bonds. The Labute approximate surface area is 115 Å². The SMILES string of the molecule is CC1C=CC(C)N(c2nnnn2C)N1c1nnnn1C. The fraction of sp³-hybridized carbons (Fsp3) is 0.600. The van der Waals surface area contributed by atoms with Gasteiger partial charge >= 0.3 is 0 Å². The molecule has 2 aromatic heterocycles. The third-order valence-corrected chi connectivity index (χ3v) is 3.28. The second-order valence-corrected chi connectivity index (χ2v) is 4.76. The zero-order chi connectivity index (χ0) is 14.3. The van der Waals surface area contributed by atoms with E-state index in [1.807, 2.05) is 10.0 Å². The fourth-order valence-corrected chi connectivity index (χ4v) is 2.27. The van der Waals surface area contributed by atoms with E-state index in [-0.39, 0.29) is 12.1 Å². The van der Waals surface area contributed by atoms with Gasteiger partial charge in [-0.3, -0.25) is 0 Å². The molecule has 0 saturated heterocycles. The van der Waals surface area contributed by atoms with E-state index in [9.17, 15) is 0 Å². The van der Waals surface area contributed by atoms with Gasteiger partial charge in [0, 0.05) is 14.1 Å². The number of nitrogens with zero attached hydrogens (tertiary/aromatic N) is 10. The molecule has 2 aromatic rings. The Balaban J connectivity index is 2.10. The first-order chi connectivity index (χ1) is 9.59. The van der Waals surface area contributed by atoms with E-state index in [0.29, 0.717) is 11.9 Å². The van der Waals surface area contributed by atoms with Crippen molar-refractivity contribution in [2.75, 3.05) is 10.0 Å². The van der Waals surface area contributed by atoms with Crippen LogP contribution in [0.3, 0.4) is 0 Å². The highest BCUT2D eigenvalue weighted by molar-refractivity contribution is 5.49. The lowest BCUT2D eigenvalue weighted by atomic mass is 10.2. The van der Waals surface area contributed by atoms with Crippen LogP contribution in [0.1, 0.15) is 13.8 Å². The molecule has 20 heavy (non-hydrogen) atoms. The van der Waals surface area contributed by atoms with Crippen LogP contribution in [0.4, 0.5) is 11.9 Å². The molecule has 1 aliphatic heterocycles. The number of tetrazole rings is 2. The van der Waals surface area contributed by atoms with Crippen molar-refractivity contribution in [2.45, 2.75) is 25.9 Å². The van der Waals surface area contributed by atoms with Gasteiger partial charge in [0.25, 0.3) is 11.9 Å². The molecule has 2 atom stereocenters. The highest BCUT2D eigenvalue weighted by Gasteiger charge is 2.33. The Kier molecular flexibility index (Phi) is 2.84. The van der Waals surface area contributed by atoms with Crippen molar-refractivity contribution in [1.29, 1.82) is 0 Å². The smallest absolute Gasteiger partial charge is 0.241 e. The maximum Gasteiger partial charge on any atom is 0.264 e. The number of hydrazine groups is 1. The summed E-state index contributed by atoms with van der Waals surface area (Å²) in [7, 11) is 3.61. The lowest BCUT2D eigenvalue weighted by Gasteiger charge is -2.43. The number of rotatable bonds is 2. The van der Waals surface area contributed by atoms with Crippen molar-refractivity contribution in [3.63, 3.8) is 0 Å². The Morgan fingerprint density at radius 2 is 1.20 bits per heavy atom. The first-order valence-corrected chi connectivity index (χ1v) is 6.31. The van der Waals surface area contributed by atoms with Gasteiger partial charge in [0.2, 0.25) is 0 Å². The summed E-state index contributed by atoms with van der Waals surface area (Å²) in [5.74, 6) is 1.27. The van der Waals surface area contributed by atoms with Crippen LogP contribution in [0.25, 0.3) is 0 Å². The van der Waals surface area contributed by atoms with Crippen molar-refractivity contribution >= 4 is 11.9 Å². The Bertz CT molecular complexity index is 573. The summed E-state index contributed by atoms with van der Waals surface area (Å²) in [4.78, 5) is 0. The summed E-state index contributed by atoms with van der Waals surface area (Å²) in [5, 5.41) is 27.3. The molecule has 0 spiro atoms. The van der Waals surface area contributed by atoms with Crippen molar-refractivity contribution < 1.29 is 0 Å². The second kappa shape index (κ2) is 4.54. The molecule has 0 saturated carbocycles. The van der Waals surface area contributed by atoms with Crippen LogP contribution in [0.15, 0.2) is 12.2 Å². The van der Waals surface area contributed by atoms with Gasteiger partial charge < -0.3 is 0 Å². The van der Waals surface area contributed by atoms with Crippen molar-refractivity contribution in [1.82, 2.24) is 40.4 Å². The normalized spacial score (nSPS) is 22.6. The highest BCUT2D eigenvalue weighted by atomic mass is 15.8. The van der Waals surface area contributed by atoms with E-state index in [1.165, 1.54) is 0 Å². The van der Waals surface area contributed by atoms with Gasteiger partial charge in [-0.1, -0.05) is 22.3 Å². The van der Waals surface area contributed by atoms with Crippen LogP contribution in [-0.4, -0.2) is 52.5 Å². The Morgan fingerprint density at radius 1 is 0.800 bits per heavy atom.